The third-order valence-corrected chi connectivity index (χ3v) is 4.90. The molecule has 1 aliphatic heterocycles. The third kappa shape index (κ3) is 5.88. The summed E-state index contributed by atoms with van der Waals surface area (Å²) in [5, 5.41) is 2.81. The van der Waals surface area contributed by atoms with Crippen molar-refractivity contribution in [2.45, 2.75) is 39.4 Å². The second-order valence-corrected chi connectivity index (χ2v) is 8.82. The van der Waals surface area contributed by atoms with Crippen molar-refractivity contribution in [3.8, 4) is 0 Å². The number of thiophene rings is 1. The Morgan fingerprint density at radius 2 is 2.00 bits per heavy atom. The van der Waals surface area contributed by atoms with Crippen LogP contribution in [0.4, 0.5) is 4.79 Å². The molecule has 0 bridgehead atoms. The van der Waals surface area contributed by atoms with Gasteiger partial charge in [0.15, 0.2) is 0 Å². The maximum absolute atomic E-state index is 12.3. The molecule has 0 radical (unpaired) electrons. The van der Waals surface area contributed by atoms with Gasteiger partial charge >= 0.3 is 12.1 Å². The average Bonchev–Trinajstić information content (AvgIpc) is 3.09. The minimum atomic E-state index is -0.612. The van der Waals surface area contributed by atoms with Crippen LogP contribution in [-0.2, 0) is 14.3 Å². The Morgan fingerprint density at radius 1 is 1.31 bits per heavy atom. The summed E-state index contributed by atoms with van der Waals surface area (Å²) in [7, 11) is 0. The molecule has 0 saturated carbocycles. The molecule has 0 spiro atoms. The number of nitrogens with one attached hydrogen (secondary N) is 1. The van der Waals surface area contributed by atoms with E-state index in [0.717, 1.165) is 0 Å². The number of carbonyl (C=O) groups is 3. The molecule has 144 valence electrons. The van der Waals surface area contributed by atoms with Crippen LogP contribution in [0.15, 0.2) is 12.1 Å². The molecule has 2 rings (SSSR count). The summed E-state index contributed by atoms with van der Waals surface area (Å²) in [5.74, 6) is -0.896. The fourth-order valence-corrected chi connectivity index (χ4v) is 3.57. The highest BCUT2D eigenvalue weighted by Crippen LogP contribution is 2.24. The van der Waals surface area contributed by atoms with E-state index in [1.54, 1.807) is 32.9 Å². The van der Waals surface area contributed by atoms with Gasteiger partial charge in [0.05, 0.1) is 15.8 Å². The van der Waals surface area contributed by atoms with E-state index >= 15 is 0 Å². The number of hydrogen-bond donors (Lipinski definition) is 1. The quantitative estimate of drug-likeness (QED) is 0.782. The molecular formula is C17H23ClN2O5S. The van der Waals surface area contributed by atoms with Crippen molar-refractivity contribution >= 4 is 40.9 Å². The zero-order chi connectivity index (χ0) is 19.5. The number of nitrogens with zero attached hydrogens (tertiary/aromatic N) is 1. The normalized spacial score (nSPS) is 20.0. The van der Waals surface area contributed by atoms with Crippen molar-refractivity contribution in [3.05, 3.63) is 21.3 Å². The third-order valence-electron chi connectivity index (χ3n) is 3.67. The van der Waals surface area contributed by atoms with Crippen LogP contribution in [0.5, 0.6) is 0 Å². The number of rotatable bonds is 4. The van der Waals surface area contributed by atoms with Crippen LogP contribution < -0.4 is 5.32 Å². The lowest BCUT2D eigenvalue weighted by molar-refractivity contribution is -0.147. The minimum Gasteiger partial charge on any atom is -0.460 e. The lowest BCUT2D eigenvalue weighted by Gasteiger charge is -2.24. The Bertz CT molecular complexity index is 685. The topological polar surface area (TPSA) is 84.9 Å². The van der Waals surface area contributed by atoms with Crippen molar-refractivity contribution in [2.24, 2.45) is 5.92 Å². The van der Waals surface area contributed by atoms with E-state index in [2.05, 4.69) is 5.32 Å². The van der Waals surface area contributed by atoms with Gasteiger partial charge < -0.3 is 19.7 Å². The molecule has 1 saturated heterocycles. The fraction of sp³-hybridized carbons (Fsp3) is 0.588. The second kappa shape index (κ2) is 8.26. The van der Waals surface area contributed by atoms with Gasteiger partial charge in [-0.05, 0) is 32.9 Å². The van der Waals surface area contributed by atoms with Gasteiger partial charge in [0.2, 0.25) is 0 Å². The molecule has 7 nitrogen and oxygen atoms in total. The number of halogens is 1. The van der Waals surface area contributed by atoms with Gasteiger partial charge in [-0.25, -0.2) is 4.79 Å². The van der Waals surface area contributed by atoms with E-state index in [9.17, 15) is 14.4 Å². The van der Waals surface area contributed by atoms with E-state index in [4.69, 9.17) is 21.1 Å². The van der Waals surface area contributed by atoms with Crippen LogP contribution in [0.1, 0.15) is 37.4 Å². The molecule has 0 aliphatic carbocycles. The Kier molecular flexibility index (Phi) is 6.52. The summed E-state index contributed by atoms with van der Waals surface area (Å²) in [4.78, 5) is 37.8. The van der Waals surface area contributed by atoms with E-state index in [1.165, 1.54) is 23.2 Å². The highest BCUT2D eigenvalue weighted by molar-refractivity contribution is 7.17. The maximum Gasteiger partial charge on any atom is 0.410 e. The molecule has 0 aromatic carbocycles. The molecule has 1 fully saturated rings. The average molecular weight is 403 g/mol. The van der Waals surface area contributed by atoms with Gasteiger partial charge in [-0.2, -0.15) is 0 Å². The van der Waals surface area contributed by atoms with Crippen LogP contribution in [0.3, 0.4) is 0 Å². The molecule has 1 N–H and O–H groups in total. The second-order valence-electron chi connectivity index (χ2n) is 7.11. The summed E-state index contributed by atoms with van der Waals surface area (Å²) in [6.45, 7) is 7.51. The van der Waals surface area contributed by atoms with Crippen molar-refractivity contribution < 1.29 is 23.9 Å². The van der Waals surface area contributed by atoms with Gasteiger partial charge in [0.1, 0.15) is 11.7 Å². The smallest absolute Gasteiger partial charge is 0.410 e. The SMILES string of the molecule is CC(=O)O[C@@H]1CN(C(=O)OC(C)(C)C)C[C@H]1CNC(=O)c1ccc(Cl)s1. The largest absolute Gasteiger partial charge is 0.460 e. The molecule has 1 aromatic rings. The molecular weight excluding hydrogens is 380 g/mol. The maximum atomic E-state index is 12.3. The van der Waals surface area contributed by atoms with Gasteiger partial charge in [-0.3, -0.25) is 9.59 Å². The Hall–Kier alpha value is -1.80. The Balaban J connectivity index is 1.98. The van der Waals surface area contributed by atoms with E-state index in [0.29, 0.717) is 15.8 Å². The van der Waals surface area contributed by atoms with Crippen molar-refractivity contribution in [2.75, 3.05) is 19.6 Å². The number of hydrogen-bond acceptors (Lipinski definition) is 6. The summed E-state index contributed by atoms with van der Waals surface area (Å²) in [6.07, 6.45) is -0.958. The van der Waals surface area contributed by atoms with Crippen molar-refractivity contribution in [1.29, 1.82) is 0 Å². The molecule has 2 amide bonds. The summed E-state index contributed by atoms with van der Waals surface area (Å²) >= 11 is 7.03. The fourth-order valence-electron chi connectivity index (χ4n) is 2.61. The lowest BCUT2D eigenvalue weighted by atomic mass is 10.1. The molecule has 1 aliphatic rings. The predicted molar refractivity (Wildman–Crippen MR) is 98.5 cm³/mol. The Labute approximate surface area is 161 Å². The van der Waals surface area contributed by atoms with Crippen LogP contribution >= 0.6 is 22.9 Å². The standard InChI is InChI=1S/C17H23ClN2O5S/c1-10(21)24-12-9-20(16(23)25-17(2,3)4)8-11(12)7-19-15(22)13-5-6-14(18)26-13/h5-6,11-12H,7-9H2,1-4H3,(H,19,22)/t11-,12-/m1/s1. The number of esters is 1. The van der Waals surface area contributed by atoms with Crippen LogP contribution in [0.25, 0.3) is 0 Å². The highest BCUT2D eigenvalue weighted by Gasteiger charge is 2.39. The Morgan fingerprint density at radius 3 is 2.54 bits per heavy atom. The summed E-state index contributed by atoms with van der Waals surface area (Å²) in [6, 6.07) is 3.30. The first-order valence-corrected chi connectivity index (χ1v) is 9.43. The zero-order valence-corrected chi connectivity index (χ0v) is 16.8. The number of carbonyl (C=O) groups excluding carboxylic acids is 3. The van der Waals surface area contributed by atoms with Gasteiger partial charge in [-0.15, -0.1) is 11.3 Å². The first-order valence-electron chi connectivity index (χ1n) is 8.24. The van der Waals surface area contributed by atoms with Gasteiger partial charge in [0, 0.05) is 25.9 Å². The number of likely N-dealkylation sites (tertiary alicyclic amines) is 1. The van der Waals surface area contributed by atoms with Crippen LogP contribution in [-0.4, -0.2) is 54.2 Å². The van der Waals surface area contributed by atoms with Gasteiger partial charge in [0.25, 0.3) is 5.91 Å². The molecule has 26 heavy (non-hydrogen) atoms. The molecule has 9 heteroatoms. The lowest BCUT2D eigenvalue weighted by Crippen LogP contribution is -2.36. The number of amides is 2. The zero-order valence-electron chi connectivity index (χ0n) is 15.2. The summed E-state index contributed by atoms with van der Waals surface area (Å²) in [5.41, 5.74) is -0.612. The van der Waals surface area contributed by atoms with Gasteiger partial charge in [-0.1, -0.05) is 11.6 Å². The van der Waals surface area contributed by atoms with E-state index < -0.39 is 23.8 Å². The molecule has 2 atom stereocenters. The van der Waals surface area contributed by atoms with Crippen molar-refractivity contribution in [1.82, 2.24) is 10.2 Å². The van der Waals surface area contributed by atoms with Crippen LogP contribution in [0.2, 0.25) is 4.34 Å². The first kappa shape index (κ1) is 20.5. The van der Waals surface area contributed by atoms with Crippen molar-refractivity contribution in [3.63, 3.8) is 0 Å². The minimum absolute atomic E-state index is 0.217. The molecule has 0 unspecified atom stereocenters. The first-order chi connectivity index (χ1) is 12.0. The van der Waals surface area contributed by atoms with E-state index in [-0.39, 0.29) is 24.9 Å². The predicted octanol–water partition coefficient (Wildman–Crippen LogP) is 2.93. The molecule has 1 aromatic heterocycles. The van der Waals surface area contributed by atoms with E-state index in [1.807, 2.05) is 0 Å². The molecule has 2 heterocycles. The summed E-state index contributed by atoms with van der Waals surface area (Å²) < 4.78 is 11.2. The highest BCUT2D eigenvalue weighted by atomic mass is 35.5. The number of ether oxygens (including phenoxy) is 2. The van der Waals surface area contributed by atoms with Crippen LogP contribution in [0, 0.1) is 5.92 Å². The monoisotopic (exact) mass is 402 g/mol.